The molecule has 1 aliphatic carbocycles. The van der Waals surface area contributed by atoms with Crippen molar-refractivity contribution >= 4 is 38.6 Å². The standard InChI is InChI=1S/C14H16BrClN2O/c1-14(4-2-3-5-14)12(16)8-6-10-11(7-9(8)15)18-13(19)17-10/h6-7,12H,2-5H2,1H3,(H2,17,18,19). The van der Waals surface area contributed by atoms with Gasteiger partial charge in [-0.25, -0.2) is 4.79 Å². The molecule has 1 atom stereocenters. The fourth-order valence-corrected chi connectivity index (χ4v) is 4.18. The van der Waals surface area contributed by atoms with Gasteiger partial charge in [-0.1, -0.05) is 35.7 Å². The summed E-state index contributed by atoms with van der Waals surface area (Å²) < 4.78 is 0.961. The van der Waals surface area contributed by atoms with Crippen LogP contribution in [-0.2, 0) is 0 Å². The summed E-state index contributed by atoms with van der Waals surface area (Å²) >= 11 is 10.3. The summed E-state index contributed by atoms with van der Waals surface area (Å²) in [5, 5.41) is -0.0350. The summed E-state index contributed by atoms with van der Waals surface area (Å²) in [7, 11) is 0. The number of aromatic amines is 2. The Labute approximate surface area is 124 Å². The van der Waals surface area contributed by atoms with Crippen molar-refractivity contribution in [1.82, 2.24) is 9.97 Å². The summed E-state index contributed by atoms with van der Waals surface area (Å²) in [5.74, 6) is 0. The van der Waals surface area contributed by atoms with Gasteiger partial charge >= 0.3 is 5.69 Å². The molecular weight excluding hydrogens is 328 g/mol. The van der Waals surface area contributed by atoms with Gasteiger partial charge in [-0.3, -0.25) is 0 Å². The molecule has 0 amide bonds. The van der Waals surface area contributed by atoms with E-state index in [4.69, 9.17) is 11.6 Å². The molecule has 2 aromatic rings. The average molecular weight is 344 g/mol. The van der Waals surface area contributed by atoms with Crippen LogP contribution in [0, 0.1) is 5.41 Å². The van der Waals surface area contributed by atoms with Crippen molar-refractivity contribution in [3.05, 3.63) is 32.7 Å². The predicted molar refractivity (Wildman–Crippen MR) is 81.8 cm³/mol. The van der Waals surface area contributed by atoms with Crippen LogP contribution in [0.5, 0.6) is 0 Å². The van der Waals surface area contributed by atoms with Gasteiger partial charge < -0.3 is 9.97 Å². The van der Waals surface area contributed by atoms with Crippen molar-refractivity contribution in [1.29, 1.82) is 0 Å². The molecule has 0 aliphatic heterocycles. The maximum absolute atomic E-state index is 11.3. The Balaban J connectivity index is 2.08. The largest absolute Gasteiger partial charge is 0.323 e. The van der Waals surface area contributed by atoms with Crippen molar-refractivity contribution in [2.45, 2.75) is 38.0 Å². The van der Waals surface area contributed by atoms with E-state index in [1.807, 2.05) is 12.1 Å². The minimum absolute atomic E-state index is 0.0350. The van der Waals surface area contributed by atoms with Crippen molar-refractivity contribution in [3.63, 3.8) is 0 Å². The van der Waals surface area contributed by atoms with Crippen molar-refractivity contribution in [2.75, 3.05) is 0 Å². The first kappa shape index (κ1) is 13.3. The molecule has 1 aliphatic rings. The third-order valence-electron chi connectivity index (χ3n) is 4.26. The lowest BCUT2D eigenvalue weighted by atomic mass is 9.81. The average Bonchev–Trinajstić information content (AvgIpc) is 2.93. The number of alkyl halides is 1. The summed E-state index contributed by atoms with van der Waals surface area (Å²) in [4.78, 5) is 16.9. The van der Waals surface area contributed by atoms with Crippen LogP contribution >= 0.6 is 27.5 Å². The van der Waals surface area contributed by atoms with Gasteiger partial charge in [0.25, 0.3) is 0 Å². The van der Waals surface area contributed by atoms with Gasteiger partial charge in [0.15, 0.2) is 0 Å². The van der Waals surface area contributed by atoms with E-state index in [0.717, 1.165) is 33.9 Å². The first-order valence-electron chi connectivity index (χ1n) is 6.55. The molecule has 3 rings (SSSR count). The zero-order valence-corrected chi connectivity index (χ0v) is 13.1. The highest BCUT2D eigenvalue weighted by molar-refractivity contribution is 9.10. The van der Waals surface area contributed by atoms with Crippen LogP contribution in [0.4, 0.5) is 0 Å². The molecule has 1 unspecified atom stereocenters. The van der Waals surface area contributed by atoms with E-state index < -0.39 is 0 Å². The number of H-pyrrole nitrogens is 2. The maximum Gasteiger partial charge on any atom is 0.323 e. The Kier molecular flexibility index (Phi) is 3.26. The number of rotatable bonds is 2. The van der Waals surface area contributed by atoms with E-state index in [1.54, 1.807) is 0 Å². The number of imidazole rings is 1. The first-order chi connectivity index (χ1) is 8.99. The third kappa shape index (κ3) is 2.25. The molecule has 1 fully saturated rings. The lowest BCUT2D eigenvalue weighted by Crippen LogP contribution is -2.18. The Bertz CT molecular complexity index is 670. The minimum Gasteiger partial charge on any atom is -0.306 e. The molecule has 1 heterocycles. The number of hydrogen-bond donors (Lipinski definition) is 2. The lowest BCUT2D eigenvalue weighted by molar-refractivity contribution is 0.321. The Morgan fingerprint density at radius 1 is 1.26 bits per heavy atom. The second-order valence-electron chi connectivity index (χ2n) is 5.72. The summed E-state index contributed by atoms with van der Waals surface area (Å²) in [6.07, 6.45) is 4.83. The Morgan fingerprint density at radius 2 is 1.84 bits per heavy atom. The third-order valence-corrected chi connectivity index (χ3v) is 5.71. The molecular formula is C14H16BrClN2O. The molecule has 0 radical (unpaired) electrons. The van der Waals surface area contributed by atoms with Gasteiger partial charge in [-0.15, -0.1) is 11.6 Å². The molecule has 1 aromatic heterocycles. The second-order valence-corrected chi connectivity index (χ2v) is 7.01. The molecule has 1 aromatic carbocycles. The molecule has 0 spiro atoms. The van der Waals surface area contributed by atoms with Crippen LogP contribution in [0.25, 0.3) is 11.0 Å². The van der Waals surface area contributed by atoms with Crippen LogP contribution in [0.1, 0.15) is 43.5 Å². The topological polar surface area (TPSA) is 48.6 Å². The minimum atomic E-state index is -0.183. The van der Waals surface area contributed by atoms with E-state index in [-0.39, 0.29) is 16.5 Å². The monoisotopic (exact) mass is 342 g/mol. The van der Waals surface area contributed by atoms with Crippen molar-refractivity contribution < 1.29 is 0 Å². The molecule has 0 saturated heterocycles. The van der Waals surface area contributed by atoms with Crippen LogP contribution in [0.3, 0.4) is 0 Å². The molecule has 102 valence electrons. The molecule has 0 bridgehead atoms. The van der Waals surface area contributed by atoms with E-state index >= 15 is 0 Å². The van der Waals surface area contributed by atoms with E-state index in [1.165, 1.54) is 12.8 Å². The number of hydrogen-bond acceptors (Lipinski definition) is 1. The Hall–Kier alpha value is -0.740. The van der Waals surface area contributed by atoms with Gasteiger partial charge in [0.2, 0.25) is 0 Å². The predicted octanol–water partition coefficient (Wildman–Crippen LogP) is 4.48. The molecule has 5 heteroatoms. The highest BCUT2D eigenvalue weighted by Crippen LogP contribution is 2.52. The molecule has 3 nitrogen and oxygen atoms in total. The fraction of sp³-hybridized carbons (Fsp3) is 0.500. The number of halogens is 2. The maximum atomic E-state index is 11.3. The number of aromatic nitrogens is 2. The van der Waals surface area contributed by atoms with Crippen molar-refractivity contribution in [2.24, 2.45) is 5.41 Å². The van der Waals surface area contributed by atoms with Gasteiger partial charge in [0.05, 0.1) is 16.4 Å². The van der Waals surface area contributed by atoms with Crippen LogP contribution in [0.2, 0.25) is 0 Å². The number of benzene rings is 1. The number of fused-ring (bicyclic) bond motifs is 1. The van der Waals surface area contributed by atoms with E-state index in [0.29, 0.717) is 0 Å². The zero-order valence-electron chi connectivity index (χ0n) is 10.7. The molecule has 2 N–H and O–H groups in total. The number of nitrogens with one attached hydrogen (secondary N) is 2. The van der Waals surface area contributed by atoms with Gasteiger partial charge in [-0.05, 0) is 36.0 Å². The van der Waals surface area contributed by atoms with Gasteiger partial charge in [-0.2, -0.15) is 0 Å². The van der Waals surface area contributed by atoms with Crippen LogP contribution in [-0.4, -0.2) is 9.97 Å². The lowest BCUT2D eigenvalue weighted by Gasteiger charge is -2.30. The normalized spacial score (nSPS) is 19.9. The van der Waals surface area contributed by atoms with Crippen LogP contribution < -0.4 is 5.69 Å². The Morgan fingerprint density at radius 3 is 2.47 bits per heavy atom. The quantitative estimate of drug-likeness (QED) is 0.776. The van der Waals surface area contributed by atoms with Gasteiger partial charge in [0.1, 0.15) is 0 Å². The summed E-state index contributed by atoms with van der Waals surface area (Å²) in [5.41, 5.74) is 2.65. The van der Waals surface area contributed by atoms with Crippen LogP contribution in [0.15, 0.2) is 21.4 Å². The molecule has 1 saturated carbocycles. The second kappa shape index (κ2) is 4.67. The highest BCUT2D eigenvalue weighted by atomic mass is 79.9. The zero-order chi connectivity index (χ0) is 13.6. The smallest absolute Gasteiger partial charge is 0.306 e. The molecule has 19 heavy (non-hydrogen) atoms. The summed E-state index contributed by atoms with van der Waals surface area (Å²) in [6.45, 7) is 2.26. The van der Waals surface area contributed by atoms with Gasteiger partial charge in [0, 0.05) is 4.47 Å². The summed E-state index contributed by atoms with van der Waals surface area (Å²) in [6, 6.07) is 3.91. The van der Waals surface area contributed by atoms with Crippen molar-refractivity contribution in [3.8, 4) is 0 Å². The SMILES string of the molecule is CC1(C(Cl)c2cc3[nH]c(=O)[nH]c3cc2Br)CCCC1. The van der Waals surface area contributed by atoms with E-state index in [2.05, 4.69) is 32.8 Å². The van der Waals surface area contributed by atoms with E-state index in [9.17, 15) is 4.79 Å². The fourth-order valence-electron chi connectivity index (χ4n) is 3.08. The first-order valence-corrected chi connectivity index (χ1v) is 7.78. The highest BCUT2D eigenvalue weighted by Gasteiger charge is 2.37.